The molecule has 0 aliphatic rings. The zero-order chi connectivity index (χ0) is 97.9. The van der Waals surface area contributed by atoms with Gasteiger partial charge in [0.25, 0.3) is 0 Å². The van der Waals surface area contributed by atoms with Crippen LogP contribution in [0.15, 0.2) is 0 Å². The van der Waals surface area contributed by atoms with E-state index in [-0.39, 0.29) is 128 Å². The van der Waals surface area contributed by atoms with E-state index in [0.29, 0.717) is 119 Å². The first-order valence-electron chi connectivity index (χ1n) is 34.6. The number of carboxylic acid groups (broad SMARTS) is 4. The summed E-state index contributed by atoms with van der Waals surface area (Å²) in [5.74, 6) is -3.97. The van der Waals surface area contributed by atoms with Crippen molar-refractivity contribution in [1.82, 2.24) is 0 Å². The average Bonchev–Trinajstić information content (AvgIpc) is 0.867. The van der Waals surface area contributed by atoms with Gasteiger partial charge in [-0.05, 0) is 226 Å². The molecule has 0 radical (unpaired) electrons. The molecule has 0 aromatic rings. The Hall–Kier alpha value is -1.27. The number of carboxylic acids is 4. The van der Waals surface area contributed by atoms with Crippen LogP contribution in [0.5, 0.6) is 0 Å². The van der Waals surface area contributed by atoms with Gasteiger partial charge < -0.3 is 92.6 Å². The van der Waals surface area contributed by atoms with Gasteiger partial charge in [-0.1, -0.05) is 102 Å². The number of rotatable bonds is 45. The molecule has 0 spiro atoms. The van der Waals surface area contributed by atoms with Gasteiger partial charge in [0.1, 0.15) is 53.6 Å². The fourth-order valence-electron chi connectivity index (χ4n) is 4.54. The van der Waals surface area contributed by atoms with Crippen molar-refractivity contribution in [2.75, 3.05) is 139 Å². The Balaban J connectivity index is -0.000000136. The molecule has 0 atom stereocenters. The van der Waals surface area contributed by atoms with Gasteiger partial charge in [-0.3, -0.25) is 71.9 Å². The molecular weight excluding hydrogens is 2190 g/mol. The smallest absolute Gasteiger partial charge is 0.481 e. The third kappa shape index (κ3) is 111. The number of aliphatic carboxylic acids is 4. The van der Waals surface area contributed by atoms with E-state index >= 15 is 0 Å². The van der Waals surface area contributed by atoms with Crippen molar-refractivity contribution >= 4 is 375 Å². The number of alkyl halides is 2. The minimum absolute atomic E-state index is 0. The van der Waals surface area contributed by atoms with Gasteiger partial charge in [0.2, 0.25) is 36.8 Å². The Morgan fingerprint density at radius 1 is 0.355 bits per heavy atom. The average molecular weight is 2300 g/mol. The molecule has 0 amide bonds. The number of carbonyl (C=O) groups is 16. The molecule has 0 rings (SSSR count). The summed E-state index contributed by atoms with van der Waals surface area (Å²) in [6, 6.07) is 0. The summed E-state index contributed by atoms with van der Waals surface area (Å²) in [6.07, 6.45) is 0.925. The number of thioether (sulfide) groups is 6. The second-order valence-electron chi connectivity index (χ2n) is 21.9. The Labute approximate surface area is 872 Å². The van der Waals surface area contributed by atoms with Crippen molar-refractivity contribution < 1.29 is 221 Å². The fourth-order valence-corrected chi connectivity index (χ4v) is 11.5. The van der Waals surface area contributed by atoms with E-state index < -0.39 is 126 Å². The third-order valence-corrected chi connectivity index (χ3v) is 20.6. The monoisotopic (exact) mass is 2290 g/mol. The Kier molecular flexibility index (Phi) is 113. The van der Waals surface area contributed by atoms with Crippen LogP contribution in [0.4, 0.5) is 4.79 Å². The summed E-state index contributed by atoms with van der Waals surface area (Å²) in [6.45, 7) is 20.9. The number of aliphatic hydroxyl groups excluding tert-OH is 3. The van der Waals surface area contributed by atoms with Crippen LogP contribution in [0.3, 0.4) is 0 Å². The van der Waals surface area contributed by atoms with Crippen LogP contribution in [0.25, 0.3) is 0 Å². The molecule has 35 nitrogen and oxygen atoms in total. The maximum Gasteiger partial charge on any atom is 1.00 e. The van der Waals surface area contributed by atoms with E-state index in [1.165, 1.54) is 91.3 Å². The summed E-state index contributed by atoms with van der Waals surface area (Å²) >= 11 is 74.1. The zero-order valence-electron chi connectivity index (χ0n) is 69.5. The number of ether oxygens (including phenoxy) is 12. The van der Waals surface area contributed by atoms with Crippen molar-refractivity contribution in [2.45, 2.75) is 132 Å². The molecule has 124 heavy (non-hydrogen) atoms. The number of hydrogen-bond donors (Lipinski definition) is 7. The van der Waals surface area contributed by atoms with Crippen LogP contribution in [0.1, 0.15) is 128 Å². The molecule has 0 aliphatic carbocycles. The van der Waals surface area contributed by atoms with Crippen molar-refractivity contribution in [3.05, 3.63) is 0 Å². The molecule has 0 bridgehead atoms. The van der Waals surface area contributed by atoms with Gasteiger partial charge >= 0.3 is 131 Å². The largest absolute Gasteiger partial charge is 1.00 e. The standard InChI is InChI=1S/C17H25ClO7S4.C17H26O8S4.C6H11BrO3.C6H9ClO2S2.C6H10O3S2.C5H10O4.C3H5BrO2.C3H6O2S.2C2Cl2O2.K/c1-4-22-15(26)28-8-6-12(19)24-10-17(3,14(18)21)11-25-13(20)7-9-29-16(27)23-5-2;1-4-22-15(26)28-8-6-12(18)24-10-17(3,14(20)21)11-25-13(19)7-9-29-16(27)23-5-2;1-6(2,7)5(9)10-4-3-8;2*1-2-9-6(10)11-4-3-5(7)8;1-5(2-6,3-7)4(8)9;4-2-1-3(5)6;1-2-5-3(4)6;2*3-1(5)2(4)6;/h4-11H2,1-3H3;4-11H2,1-3H3,(H,20,21);8H,3-4H2,1-2H3;2-4H2,1H3;2-4H2,1H3,(H,7,8);6-7H,2-3H2,1H3,(H,8,9);1-2H2,(H,5,6);2H2,1H3,(H,4,6);;;/q;;;;;;;;;;+1/p+1. The minimum atomic E-state index is -1.55. The Morgan fingerprint density at radius 3 is 0.734 bits per heavy atom. The summed E-state index contributed by atoms with van der Waals surface area (Å²) in [5, 5.41) is 53.5. The normalized spacial score (nSPS) is 9.90. The van der Waals surface area contributed by atoms with Gasteiger partial charge in [0.05, 0.1) is 117 Å². The van der Waals surface area contributed by atoms with Crippen LogP contribution in [-0.4, -0.2) is 296 Å². The van der Waals surface area contributed by atoms with Crippen molar-refractivity contribution in [1.29, 1.82) is 0 Å². The van der Waals surface area contributed by atoms with Gasteiger partial charge in [0, 0.05) is 46.3 Å². The first kappa shape index (κ1) is 146. The Bertz CT molecular complexity index is 2940. The quantitative estimate of drug-likeness (QED) is 0.00436. The second kappa shape index (κ2) is 96.3. The van der Waals surface area contributed by atoms with E-state index in [1.54, 1.807) is 34.6 Å². The predicted molar refractivity (Wildman–Crippen MR) is 512 cm³/mol. The summed E-state index contributed by atoms with van der Waals surface area (Å²) < 4.78 is 61.1. The summed E-state index contributed by atoms with van der Waals surface area (Å²) in [4.78, 5) is 169. The first-order chi connectivity index (χ1) is 57.0. The van der Waals surface area contributed by atoms with Crippen LogP contribution < -0.4 is 51.4 Å². The number of esters is 5. The van der Waals surface area contributed by atoms with Crippen molar-refractivity contribution in [3.8, 4) is 0 Å². The maximum absolute atomic E-state index is 11.8. The molecule has 714 valence electrons. The third-order valence-electron chi connectivity index (χ3n) is 10.8. The van der Waals surface area contributed by atoms with Crippen molar-refractivity contribution in [3.63, 3.8) is 0 Å². The van der Waals surface area contributed by atoms with Gasteiger partial charge in [0.15, 0.2) is 0 Å². The van der Waals surface area contributed by atoms with E-state index in [4.69, 9.17) is 175 Å². The topological polar surface area (TPSA) is 525 Å². The molecule has 0 saturated carbocycles. The second-order valence-corrected chi connectivity index (χ2v) is 37.4. The molecule has 0 aliphatic heterocycles. The molecule has 57 heteroatoms. The van der Waals surface area contributed by atoms with E-state index in [0.717, 1.165) is 0 Å². The molecule has 0 aromatic heterocycles. The van der Waals surface area contributed by atoms with Crippen LogP contribution >= 0.6 is 245 Å². The molecule has 0 unspecified atom stereocenters. The molecular formula is C67H103Br2Cl6KO35S13+2. The first-order valence-corrected chi connectivity index (χ1v) is 47.6. The van der Waals surface area contributed by atoms with Crippen LogP contribution in [0.2, 0.25) is 0 Å². The minimum Gasteiger partial charge on any atom is -0.481 e. The van der Waals surface area contributed by atoms with E-state index in [9.17, 15) is 81.8 Å². The molecule has 0 fully saturated rings. The van der Waals surface area contributed by atoms with E-state index in [1.807, 2.05) is 27.7 Å². The Morgan fingerprint density at radius 2 is 0.589 bits per heavy atom. The maximum atomic E-state index is 11.8. The number of hydrogen-bond acceptors (Lipinski definition) is 43. The number of carbonyl (C=O) groups excluding carboxylic acids is 12. The number of aliphatic hydroxyl groups is 3. The predicted octanol–water partition coefficient (Wildman–Crippen LogP) is 9.31. The fraction of sp³-hybridized carbons (Fsp3) is 0.672. The summed E-state index contributed by atoms with van der Waals surface area (Å²) in [7, 11) is 0. The zero-order valence-corrected chi connectivity index (χ0v) is 91.1. The molecule has 0 heterocycles. The van der Waals surface area contributed by atoms with Gasteiger partial charge in [-0.2, -0.15) is 4.79 Å². The molecule has 0 aromatic carbocycles. The van der Waals surface area contributed by atoms with Crippen molar-refractivity contribution in [2.24, 2.45) is 16.2 Å². The van der Waals surface area contributed by atoms with Gasteiger partial charge in [-0.25, -0.2) is 0 Å². The summed E-state index contributed by atoms with van der Waals surface area (Å²) in [5.41, 5.74) is -4.28. The number of thiocarbonyl (C=S) groups is 6. The van der Waals surface area contributed by atoms with Crippen LogP contribution in [-0.2, 0) is 141 Å². The van der Waals surface area contributed by atoms with Crippen LogP contribution in [0, 0.1) is 16.2 Å². The SMILES string of the molecule is CC(C)(Br)C(=O)OCCO.CC(CO)(CO)C(=O)O.CCOC(=O)[SH2+].CCOC(=S)SCCC(=O)Cl.CCOC(=S)SCCC(=O)O.CCOC(=S)SCCC(=O)OCC(C)(COC(=O)CCSC(=S)OCC)C(=O)Cl.CCOC(=S)SCCC(=O)OCC(C)(COC(=O)CCSC(=S)OCC)C(=O)O.O=C(Cl)C(=O)Cl.O=C(Cl)C(=O)Cl.O=C(O)CCBr.[K+]. The molecule has 7 N–H and O–H groups in total. The molecule has 0 saturated heterocycles. The van der Waals surface area contributed by atoms with E-state index in [2.05, 4.69) is 100 Å². The van der Waals surface area contributed by atoms with Gasteiger partial charge in [-0.15, -0.1) is 0 Å². The number of halogens is 8.